The molecule has 0 nitrogen and oxygen atoms in total. The second-order valence-electron chi connectivity index (χ2n) is 4.31. The van der Waals surface area contributed by atoms with Gasteiger partial charge in [-0.2, -0.15) is 0 Å². The Labute approximate surface area is 133 Å². The molecule has 0 fully saturated rings. The van der Waals surface area contributed by atoms with Crippen LogP contribution in [0.5, 0.6) is 0 Å². The van der Waals surface area contributed by atoms with E-state index in [0.717, 1.165) is 0 Å². The molecular weight excluding hydrogens is 340 g/mol. The lowest BCUT2D eigenvalue weighted by atomic mass is 10.1. The van der Waals surface area contributed by atoms with Crippen molar-refractivity contribution in [1.82, 2.24) is 0 Å². The Bertz CT molecular complexity index is 761. The molecule has 1 atom stereocenters. The maximum atomic E-state index is 13.4. The molecule has 0 spiro atoms. The summed E-state index contributed by atoms with van der Waals surface area (Å²) in [7, 11) is -1.90. The maximum absolute atomic E-state index is 13.4. The van der Waals surface area contributed by atoms with Crippen molar-refractivity contribution < 1.29 is 25.6 Å². The molecule has 3 rings (SSSR count). The van der Waals surface area contributed by atoms with E-state index >= 15 is 0 Å². The topological polar surface area (TPSA) is 0 Å². The Hall–Kier alpha value is -1.23. The van der Waals surface area contributed by atoms with E-state index in [1.807, 2.05) is 0 Å². The van der Waals surface area contributed by atoms with Gasteiger partial charge in [-0.05, 0) is 36.4 Å². The van der Waals surface area contributed by atoms with Crippen LogP contribution in [0.1, 0.15) is 0 Å². The van der Waals surface area contributed by atoms with Crippen LogP contribution in [0.4, 0.5) is 13.2 Å². The van der Waals surface area contributed by atoms with Crippen molar-refractivity contribution >= 4 is 32.2 Å². The first-order chi connectivity index (χ1) is 9.47. The van der Waals surface area contributed by atoms with Crippen molar-refractivity contribution in [3.05, 3.63) is 59.6 Å². The summed E-state index contributed by atoms with van der Waals surface area (Å²) in [6.07, 6.45) is 0. The first-order valence-electron chi connectivity index (χ1n) is 5.84. The molecule has 0 aliphatic rings. The Kier molecular flexibility index (Phi) is 4.51. The van der Waals surface area contributed by atoms with E-state index in [1.165, 1.54) is 0 Å². The van der Waals surface area contributed by atoms with Crippen LogP contribution in [0.25, 0.3) is 20.5 Å². The van der Waals surface area contributed by atoms with Crippen molar-refractivity contribution in [3.8, 4) is 10.4 Å². The lowest BCUT2D eigenvalue weighted by molar-refractivity contribution is -0.0864. The van der Waals surface area contributed by atoms with E-state index in [9.17, 15) is 13.2 Å². The van der Waals surface area contributed by atoms with E-state index in [2.05, 4.69) is 0 Å². The van der Waals surface area contributed by atoms with Gasteiger partial charge >= 0.3 is 5.51 Å². The van der Waals surface area contributed by atoms with Gasteiger partial charge in [-0.15, -0.1) is 13.2 Å². The number of benzene rings is 2. The van der Waals surface area contributed by atoms with Gasteiger partial charge in [-0.25, -0.2) is 0 Å². The fourth-order valence-corrected chi connectivity index (χ4v) is 4.22. The fourth-order valence-electron chi connectivity index (χ4n) is 2.17. The van der Waals surface area contributed by atoms with E-state index in [-0.39, 0.29) is 12.4 Å². The van der Waals surface area contributed by atoms with Gasteiger partial charge in [0.05, 0.1) is 0 Å². The van der Waals surface area contributed by atoms with Gasteiger partial charge in [-0.3, -0.25) is 0 Å². The molecule has 1 heterocycles. The fraction of sp³-hybridized carbons (Fsp3) is 0.0667. The van der Waals surface area contributed by atoms with Gasteiger partial charge in [0, 0.05) is 22.0 Å². The van der Waals surface area contributed by atoms with Crippen LogP contribution in [0, 0.1) is 0 Å². The van der Waals surface area contributed by atoms with Crippen LogP contribution < -0.4 is 12.4 Å². The van der Waals surface area contributed by atoms with Crippen LogP contribution in [0.2, 0.25) is 5.02 Å². The predicted octanol–water partition coefficient (Wildman–Crippen LogP) is 3.39. The van der Waals surface area contributed by atoms with Gasteiger partial charge in [-0.1, -0.05) is 23.7 Å². The standard InChI is InChI=1S/C15H9ClF3S.ClH/c16-12-7-5-10(6-8-12)14-9-11-3-1-2-4-13(11)20(14)15(17,18)19;/h1-9H;1H/q+1;/p-1. The molecule has 0 N–H and O–H groups in total. The number of fused-ring (bicyclic) bond motifs is 1. The SMILES string of the molecule is FC(F)(F)[s+]1c(-c2ccc(Cl)cc2)cc2ccccc21.[Cl-]. The number of thiophene rings is 1. The maximum Gasteiger partial charge on any atom is 0.601 e. The monoisotopic (exact) mass is 348 g/mol. The van der Waals surface area contributed by atoms with Gasteiger partial charge in [0.2, 0.25) is 0 Å². The number of alkyl halides is 3. The third-order valence-electron chi connectivity index (χ3n) is 3.01. The molecular formula is C15H9Cl2F3S. The summed E-state index contributed by atoms with van der Waals surface area (Å²) in [6.45, 7) is 0. The highest BCUT2D eigenvalue weighted by Crippen LogP contribution is 2.54. The third-order valence-corrected chi connectivity index (χ3v) is 5.33. The third kappa shape index (κ3) is 3.03. The zero-order valence-electron chi connectivity index (χ0n) is 10.5. The molecule has 3 aromatic rings. The van der Waals surface area contributed by atoms with Crippen molar-refractivity contribution in [2.75, 3.05) is 0 Å². The Morgan fingerprint density at radius 2 is 1.52 bits per heavy atom. The van der Waals surface area contributed by atoms with Crippen molar-refractivity contribution in [1.29, 1.82) is 0 Å². The lowest BCUT2D eigenvalue weighted by Gasteiger charge is -2.00. The number of halogens is 5. The largest absolute Gasteiger partial charge is 1.00 e. The molecule has 1 unspecified atom stereocenters. The predicted molar refractivity (Wildman–Crippen MR) is 78.2 cm³/mol. The summed E-state index contributed by atoms with van der Waals surface area (Å²) in [6, 6.07) is 14.8. The van der Waals surface area contributed by atoms with Crippen LogP contribution >= 0.6 is 22.1 Å². The van der Waals surface area contributed by atoms with Crippen molar-refractivity contribution in [3.63, 3.8) is 0 Å². The van der Waals surface area contributed by atoms with Crippen LogP contribution in [-0.2, 0) is 5.51 Å². The van der Waals surface area contributed by atoms with E-state index in [4.69, 9.17) is 11.6 Å². The minimum absolute atomic E-state index is 0. The van der Waals surface area contributed by atoms with E-state index in [1.54, 1.807) is 54.6 Å². The Balaban J connectivity index is 0.00000161. The van der Waals surface area contributed by atoms with Crippen LogP contribution in [0.3, 0.4) is 0 Å². The molecule has 2 aromatic carbocycles. The minimum Gasteiger partial charge on any atom is -1.00 e. The zero-order chi connectivity index (χ0) is 14.3. The molecule has 0 saturated carbocycles. The highest BCUT2D eigenvalue weighted by Gasteiger charge is 2.48. The number of hydrogen-bond acceptors (Lipinski definition) is 0. The normalized spacial score (nSPS) is 12.3. The first-order valence-corrected chi connectivity index (χ1v) is 7.45. The molecule has 0 amide bonds. The summed E-state index contributed by atoms with van der Waals surface area (Å²) in [4.78, 5) is 0.301. The summed E-state index contributed by atoms with van der Waals surface area (Å²) >= 11 is 5.79. The van der Waals surface area contributed by atoms with E-state index in [0.29, 0.717) is 25.5 Å². The van der Waals surface area contributed by atoms with Crippen LogP contribution in [0.15, 0.2) is 54.6 Å². The molecule has 0 bridgehead atoms. The average Bonchev–Trinajstić information content (AvgIpc) is 2.78. The quantitative estimate of drug-likeness (QED) is 0.591. The lowest BCUT2D eigenvalue weighted by Crippen LogP contribution is -3.00. The molecule has 0 saturated heterocycles. The van der Waals surface area contributed by atoms with Crippen molar-refractivity contribution in [2.24, 2.45) is 0 Å². The summed E-state index contributed by atoms with van der Waals surface area (Å²) in [5.41, 5.74) is -3.72. The molecule has 0 radical (unpaired) electrons. The first kappa shape index (κ1) is 16.1. The second-order valence-corrected chi connectivity index (χ2v) is 6.70. The van der Waals surface area contributed by atoms with Gasteiger partial charge < -0.3 is 12.4 Å². The van der Waals surface area contributed by atoms with Gasteiger partial charge in [0.1, 0.15) is 10.5 Å². The summed E-state index contributed by atoms with van der Waals surface area (Å²) in [5.74, 6) is 0. The smallest absolute Gasteiger partial charge is 0.601 e. The average molecular weight is 349 g/mol. The minimum atomic E-state index is -4.28. The molecule has 0 aliphatic heterocycles. The van der Waals surface area contributed by atoms with Gasteiger partial charge in [0.15, 0.2) is 9.58 Å². The number of hydrogen-bond donors (Lipinski definition) is 0. The summed E-state index contributed by atoms with van der Waals surface area (Å²) < 4.78 is 40.5. The Morgan fingerprint density at radius 3 is 2.14 bits per heavy atom. The molecule has 0 aliphatic carbocycles. The second kappa shape index (κ2) is 5.87. The van der Waals surface area contributed by atoms with Gasteiger partial charge in [0.25, 0.3) is 0 Å². The zero-order valence-corrected chi connectivity index (χ0v) is 12.8. The number of rotatable bonds is 1. The molecule has 6 heteroatoms. The molecule has 110 valence electrons. The van der Waals surface area contributed by atoms with Crippen LogP contribution in [-0.4, -0.2) is 0 Å². The highest BCUT2D eigenvalue weighted by molar-refractivity contribution is 7.41. The highest BCUT2D eigenvalue weighted by atomic mass is 35.5. The van der Waals surface area contributed by atoms with E-state index < -0.39 is 16.0 Å². The summed E-state index contributed by atoms with van der Waals surface area (Å²) in [5, 5.41) is 1.15. The molecule has 1 aromatic heterocycles. The van der Waals surface area contributed by atoms with Crippen molar-refractivity contribution in [2.45, 2.75) is 5.51 Å². The Morgan fingerprint density at radius 1 is 0.905 bits per heavy atom. The molecule has 21 heavy (non-hydrogen) atoms.